The van der Waals surface area contributed by atoms with Crippen LogP contribution in [0.4, 0.5) is 10.1 Å². The first-order valence-electron chi connectivity index (χ1n) is 17.6. The molecule has 0 radical (unpaired) electrons. The molecule has 52 heavy (non-hydrogen) atoms. The van der Waals surface area contributed by atoms with Gasteiger partial charge in [0.2, 0.25) is 0 Å². The SMILES string of the molecule is CCOc1cc(O[Si](C)(C)C(C)(C)C)c(F)c(C(Nc2ccc(C#N)cc2)c2nccn2C(c2ccccc2)(c2ccccc2)c2ccccc2)c1. The van der Waals surface area contributed by atoms with Gasteiger partial charge < -0.3 is 19.0 Å². The predicted octanol–water partition coefficient (Wildman–Crippen LogP) is 10.7. The van der Waals surface area contributed by atoms with Gasteiger partial charge in [-0.25, -0.2) is 9.37 Å². The molecule has 1 aromatic heterocycles. The molecule has 1 N–H and O–H groups in total. The van der Waals surface area contributed by atoms with E-state index in [0.29, 0.717) is 35.0 Å². The average molecular weight is 709 g/mol. The first-order chi connectivity index (χ1) is 25.0. The molecule has 0 aliphatic carbocycles. The lowest BCUT2D eigenvalue weighted by Crippen LogP contribution is -2.44. The zero-order chi connectivity index (χ0) is 36.9. The molecule has 1 heterocycles. The third-order valence-corrected chi connectivity index (χ3v) is 14.4. The Hall–Kier alpha value is -5.65. The van der Waals surface area contributed by atoms with Crippen LogP contribution in [0, 0.1) is 17.1 Å². The number of nitriles is 1. The van der Waals surface area contributed by atoms with Crippen LogP contribution >= 0.6 is 0 Å². The van der Waals surface area contributed by atoms with Gasteiger partial charge in [-0.05, 0) is 72.1 Å². The van der Waals surface area contributed by atoms with Crippen molar-refractivity contribution >= 4 is 14.0 Å². The van der Waals surface area contributed by atoms with E-state index in [1.54, 1.807) is 30.5 Å². The van der Waals surface area contributed by atoms with Crippen LogP contribution < -0.4 is 14.5 Å². The maximum atomic E-state index is 17.4. The number of rotatable bonds is 12. The second-order valence-corrected chi connectivity index (χ2v) is 19.1. The first kappa shape index (κ1) is 36.1. The maximum absolute atomic E-state index is 17.4. The van der Waals surface area contributed by atoms with E-state index in [1.807, 2.05) is 79.9 Å². The van der Waals surface area contributed by atoms with Gasteiger partial charge in [0, 0.05) is 29.7 Å². The first-order valence-corrected chi connectivity index (χ1v) is 20.5. The summed E-state index contributed by atoms with van der Waals surface area (Å²) in [5.41, 5.74) is 3.65. The number of hydrogen-bond donors (Lipinski definition) is 1. The standard InChI is InChI=1S/C44H45FN4O2Si/c1-7-50-37-29-38(40(45)39(30-37)51-52(5,6)43(2,3)4)41(48-36-25-23-32(31-46)24-26-36)42-47-27-28-49(42)44(33-17-11-8-12-18-33,34-19-13-9-14-20-34)35-21-15-10-16-22-35/h8-30,41,48H,7H2,1-6H3. The van der Waals surface area contributed by atoms with Gasteiger partial charge in [-0.15, -0.1) is 0 Å². The molecule has 0 spiro atoms. The molecule has 0 bridgehead atoms. The van der Waals surface area contributed by atoms with Crippen molar-refractivity contribution in [1.29, 1.82) is 5.26 Å². The van der Waals surface area contributed by atoms with Gasteiger partial charge in [-0.3, -0.25) is 0 Å². The molecule has 0 amide bonds. The zero-order valence-electron chi connectivity index (χ0n) is 30.6. The van der Waals surface area contributed by atoms with E-state index in [1.165, 1.54) is 0 Å². The zero-order valence-corrected chi connectivity index (χ0v) is 31.6. The summed E-state index contributed by atoms with van der Waals surface area (Å²) in [7, 11) is -2.47. The van der Waals surface area contributed by atoms with E-state index in [4.69, 9.17) is 14.1 Å². The van der Waals surface area contributed by atoms with E-state index in [0.717, 1.165) is 16.7 Å². The molecule has 8 heteroatoms. The van der Waals surface area contributed by atoms with Crippen LogP contribution in [0.2, 0.25) is 18.1 Å². The highest BCUT2D eigenvalue weighted by Crippen LogP contribution is 2.45. The van der Waals surface area contributed by atoms with E-state index in [-0.39, 0.29) is 10.8 Å². The number of anilines is 1. The summed E-state index contributed by atoms with van der Waals surface area (Å²) < 4.78 is 32.3. The minimum Gasteiger partial charge on any atom is -0.541 e. The Morgan fingerprint density at radius 2 is 1.37 bits per heavy atom. The quantitative estimate of drug-likeness (QED) is 0.101. The molecule has 0 aliphatic heterocycles. The highest BCUT2D eigenvalue weighted by Gasteiger charge is 2.43. The maximum Gasteiger partial charge on any atom is 0.250 e. The summed E-state index contributed by atoms with van der Waals surface area (Å²) in [4.78, 5) is 5.03. The van der Waals surface area contributed by atoms with E-state index in [9.17, 15) is 5.26 Å². The Balaban J connectivity index is 1.67. The summed E-state index contributed by atoms with van der Waals surface area (Å²) in [5.74, 6) is 0.723. The summed E-state index contributed by atoms with van der Waals surface area (Å²) in [6, 6.07) is 42.9. The Bertz CT molecular complexity index is 2040. The minimum absolute atomic E-state index is 0.151. The molecular formula is C44H45FN4O2Si. The van der Waals surface area contributed by atoms with Crippen LogP contribution in [0.1, 0.15) is 67.4 Å². The fourth-order valence-corrected chi connectivity index (χ4v) is 7.42. The van der Waals surface area contributed by atoms with Crippen molar-refractivity contribution in [2.45, 2.75) is 57.4 Å². The highest BCUT2D eigenvalue weighted by molar-refractivity contribution is 6.74. The third-order valence-electron chi connectivity index (χ3n) is 10.0. The van der Waals surface area contributed by atoms with Crippen LogP contribution in [-0.2, 0) is 5.54 Å². The molecular weight excluding hydrogens is 664 g/mol. The fourth-order valence-electron chi connectivity index (χ4n) is 6.41. The molecule has 1 unspecified atom stereocenters. The van der Waals surface area contributed by atoms with Gasteiger partial charge in [0.05, 0.1) is 18.2 Å². The predicted molar refractivity (Wildman–Crippen MR) is 209 cm³/mol. The lowest BCUT2D eigenvalue weighted by atomic mass is 9.76. The summed E-state index contributed by atoms with van der Waals surface area (Å²) in [6.45, 7) is 12.9. The van der Waals surface area contributed by atoms with Crippen LogP contribution in [0.25, 0.3) is 0 Å². The number of aromatic nitrogens is 2. The molecule has 0 aliphatic rings. The highest BCUT2D eigenvalue weighted by atomic mass is 28.4. The number of nitrogens with zero attached hydrogens (tertiary/aromatic N) is 3. The monoisotopic (exact) mass is 708 g/mol. The molecule has 6 aromatic rings. The second-order valence-electron chi connectivity index (χ2n) is 14.4. The van der Waals surface area contributed by atoms with Crippen molar-refractivity contribution in [1.82, 2.24) is 9.55 Å². The number of hydrogen-bond acceptors (Lipinski definition) is 5. The van der Waals surface area contributed by atoms with Crippen LogP contribution in [0.5, 0.6) is 11.5 Å². The number of nitrogens with one attached hydrogen (secondary N) is 1. The molecule has 264 valence electrons. The molecule has 0 fully saturated rings. The molecule has 6 rings (SSSR count). The van der Waals surface area contributed by atoms with Crippen LogP contribution in [-0.4, -0.2) is 24.5 Å². The normalized spacial score (nSPS) is 12.5. The molecule has 0 saturated carbocycles. The Kier molecular flexibility index (Phi) is 10.4. The number of benzene rings is 5. The largest absolute Gasteiger partial charge is 0.541 e. The fraction of sp³-hybridized carbons (Fsp3) is 0.227. The molecule has 6 nitrogen and oxygen atoms in total. The molecule has 5 aromatic carbocycles. The van der Waals surface area contributed by atoms with E-state index in [2.05, 4.69) is 86.2 Å². The number of halogens is 1. The number of ether oxygens (including phenoxy) is 1. The van der Waals surface area contributed by atoms with Gasteiger partial charge in [-0.2, -0.15) is 5.26 Å². The lowest BCUT2D eigenvalue weighted by Gasteiger charge is -2.40. The van der Waals surface area contributed by atoms with Crippen molar-refractivity contribution in [2.24, 2.45) is 0 Å². The van der Waals surface area contributed by atoms with E-state index < -0.39 is 25.7 Å². The van der Waals surface area contributed by atoms with Crippen molar-refractivity contribution in [2.75, 3.05) is 11.9 Å². The van der Waals surface area contributed by atoms with E-state index >= 15 is 4.39 Å². The minimum atomic E-state index is -2.47. The summed E-state index contributed by atoms with van der Waals surface area (Å²) >= 11 is 0. The third kappa shape index (κ3) is 6.97. The second kappa shape index (κ2) is 14.9. The van der Waals surface area contributed by atoms with Gasteiger partial charge in [0.25, 0.3) is 8.32 Å². The van der Waals surface area contributed by atoms with Crippen molar-refractivity contribution in [3.05, 3.63) is 179 Å². The van der Waals surface area contributed by atoms with Gasteiger partial charge in [-0.1, -0.05) is 112 Å². The lowest BCUT2D eigenvalue weighted by molar-refractivity contribution is 0.336. The van der Waals surface area contributed by atoms with Gasteiger partial charge in [0.1, 0.15) is 28.9 Å². The average Bonchev–Trinajstić information content (AvgIpc) is 3.63. The number of imidazole rings is 1. The van der Waals surface area contributed by atoms with Crippen molar-refractivity contribution in [3.63, 3.8) is 0 Å². The Labute approximate surface area is 307 Å². The van der Waals surface area contributed by atoms with Crippen molar-refractivity contribution in [3.8, 4) is 17.6 Å². The van der Waals surface area contributed by atoms with Crippen LogP contribution in [0.3, 0.4) is 0 Å². The van der Waals surface area contributed by atoms with Gasteiger partial charge >= 0.3 is 0 Å². The smallest absolute Gasteiger partial charge is 0.250 e. The molecule has 0 saturated heterocycles. The summed E-state index contributed by atoms with van der Waals surface area (Å²) in [6.07, 6.45) is 3.73. The Morgan fingerprint density at radius 1 is 0.827 bits per heavy atom. The topological polar surface area (TPSA) is 72.1 Å². The summed E-state index contributed by atoms with van der Waals surface area (Å²) in [5, 5.41) is 13.0. The van der Waals surface area contributed by atoms with Crippen molar-refractivity contribution < 1.29 is 13.6 Å². The Morgan fingerprint density at radius 3 is 1.85 bits per heavy atom. The van der Waals surface area contributed by atoms with Crippen LogP contribution in [0.15, 0.2) is 140 Å². The van der Waals surface area contributed by atoms with Gasteiger partial charge in [0.15, 0.2) is 5.82 Å². The molecule has 1 atom stereocenters.